The summed E-state index contributed by atoms with van der Waals surface area (Å²) in [6, 6.07) is 17.9. The Balaban J connectivity index is 1.97. The molecule has 1 N–H and O–H groups in total. The first kappa shape index (κ1) is 25.4. The lowest BCUT2D eigenvalue weighted by Crippen LogP contribution is -2.57. The second-order valence-corrected chi connectivity index (χ2v) is 9.08. The van der Waals surface area contributed by atoms with Crippen molar-refractivity contribution < 1.29 is 9.84 Å². The molecule has 0 aliphatic carbocycles. The van der Waals surface area contributed by atoms with Crippen LogP contribution in [0.3, 0.4) is 0 Å². The molecule has 0 aromatic heterocycles. The number of hydrogen-bond donors (Lipinski definition) is 1. The Bertz CT molecular complexity index is 881. The normalized spacial score (nSPS) is 21.7. The molecule has 1 aliphatic rings. The molecule has 0 radical (unpaired) electrons. The van der Waals surface area contributed by atoms with Crippen LogP contribution >= 0.6 is 0 Å². The molecular weight excluding hydrogens is 410 g/mol. The van der Waals surface area contributed by atoms with Crippen molar-refractivity contribution in [3.8, 4) is 5.75 Å². The van der Waals surface area contributed by atoms with Gasteiger partial charge in [0.25, 0.3) is 0 Å². The summed E-state index contributed by atoms with van der Waals surface area (Å²) in [6.45, 7) is 17.2. The van der Waals surface area contributed by atoms with E-state index in [4.69, 9.17) is 4.74 Å². The summed E-state index contributed by atoms with van der Waals surface area (Å²) < 4.78 is 5.55. The Morgan fingerprint density at radius 1 is 1.03 bits per heavy atom. The van der Waals surface area contributed by atoms with Gasteiger partial charge < -0.3 is 9.84 Å². The predicted molar refractivity (Wildman–Crippen MR) is 137 cm³/mol. The average molecular weight is 452 g/mol. The molecule has 1 aliphatic heterocycles. The van der Waals surface area contributed by atoms with Crippen LogP contribution in [0.15, 0.2) is 61.2 Å². The minimum absolute atomic E-state index is 0.114. The fraction of sp³-hybridized carbons (Fsp3) is 0.500. The van der Waals surface area contributed by atoms with Crippen molar-refractivity contribution in [1.29, 1.82) is 0 Å². The van der Waals surface area contributed by atoms with E-state index >= 15 is 0 Å². The van der Waals surface area contributed by atoms with Gasteiger partial charge in [0.05, 0.1) is 13.2 Å². The molecule has 2 aromatic rings. The third kappa shape index (κ3) is 5.85. The van der Waals surface area contributed by atoms with Crippen molar-refractivity contribution >= 4 is 0 Å². The molecule has 0 saturated carbocycles. The van der Waals surface area contributed by atoms with Gasteiger partial charge in [-0.3, -0.25) is 14.7 Å². The van der Waals surface area contributed by atoms with E-state index in [2.05, 4.69) is 91.4 Å². The monoisotopic (exact) mass is 451 g/mol. The summed E-state index contributed by atoms with van der Waals surface area (Å²) in [5.74, 6) is 0.872. The molecule has 2 aromatic carbocycles. The standard InChI is InChI=1S/C28H41N3O2/c1-7-17-30-19-22(5)31(20-21(30)4)27(25-11-10-12-26(18-25)33-6)23-13-15-24(16-14-23)28(32)29(8-2)9-3/h7,10-16,18,21-22,27-28,32H,1,8-9,17,19-20H2,2-6H3/t21-,22+,27?,28?/m1/s1. The van der Waals surface area contributed by atoms with Crippen LogP contribution in [0.2, 0.25) is 0 Å². The Hall–Kier alpha value is -2.18. The Morgan fingerprint density at radius 3 is 2.30 bits per heavy atom. The minimum atomic E-state index is -0.578. The van der Waals surface area contributed by atoms with E-state index in [9.17, 15) is 5.11 Å². The van der Waals surface area contributed by atoms with Gasteiger partial charge in [-0.15, -0.1) is 6.58 Å². The van der Waals surface area contributed by atoms with E-state index in [1.807, 2.05) is 12.1 Å². The summed E-state index contributed by atoms with van der Waals surface area (Å²) in [5, 5.41) is 10.8. The molecular formula is C28H41N3O2. The van der Waals surface area contributed by atoms with Gasteiger partial charge in [-0.1, -0.05) is 56.3 Å². The molecule has 180 valence electrons. The Kier molecular flexibility index (Phi) is 9.10. The van der Waals surface area contributed by atoms with Gasteiger partial charge in [0.2, 0.25) is 0 Å². The lowest BCUT2D eigenvalue weighted by molar-refractivity contribution is 0.00892. The van der Waals surface area contributed by atoms with Gasteiger partial charge in [0.15, 0.2) is 0 Å². The molecule has 0 bridgehead atoms. The van der Waals surface area contributed by atoms with Crippen LogP contribution in [0.25, 0.3) is 0 Å². The molecule has 0 spiro atoms. The van der Waals surface area contributed by atoms with Gasteiger partial charge in [0, 0.05) is 31.7 Å². The van der Waals surface area contributed by atoms with Crippen molar-refractivity contribution in [3.05, 3.63) is 77.9 Å². The quantitative estimate of drug-likeness (QED) is 0.419. The fourth-order valence-electron chi connectivity index (χ4n) is 5.02. The molecule has 2 unspecified atom stereocenters. The van der Waals surface area contributed by atoms with E-state index in [-0.39, 0.29) is 6.04 Å². The molecule has 1 saturated heterocycles. The molecule has 33 heavy (non-hydrogen) atoms. The van der Waals surface area contributed by atoms with Crippen molar-refractivity contribution in [1.82, 2.24) is 14.7 Å². The van der Waals surface area contributed by atoms with Crippen LogP contribution in [0.5, 0.6) is 5.75 Å². The predicted octanol–water partition coefficient (Wildman–Crippen LogP) is 4.70. The third-order valence-corrected chi connectivity index (χ3v) is 6.98. The number of benzene rings is 2. The molecule has 0 amide bonds. The van der Waals surface area contributed by atoms with E-state index in [0.29, 0.717) is 12.1 Å². The fourth-order valence-corrected chi connectivity index (χ4v) is 5.02. The van der Waals surface area contributed by atoms with Crippen LogP contribution in [0, 0.1) is 0 Å². The first-order valence-corrected chi connectivity index (χ1v) is 12.2. The largest absolute Gasteiger partial charge is 0.497 e. The van der Waals surface area contributed by atoms with E-state index in [1.165, 1.54) is 11.1 Å². The summed E-state index contributed by atoms with van der Waals surface area (Å²) in [6.07, 6.45) is 1.42. The molecule has 3 rings (SSSR count). The van der Waals surface area contributed by atoms with Gasteiger partial charge in [0.1, 0.15) is 12.0 Å². The topological polar surface area (TPSA) is 39.2 Å². The summed E-state index contributed by atoms with van der Waals surface area (Å²) >= 11 is 0. The molecule has 1 heterocycles. The van der Waals surface area contributed by atoms with Crippen molar-refractivity contribution in [2.45, 2.75) is 52.0 Å². The van der Waals surface area contributed by atoms with Crippen LogP contribution in [0.1, 0.15) is 56.7 Å². The van der Waals surface area contributed by atoms with Gasteiger partial charge in [-0.25, -0.2) is 0 Å². The Morgan fingerprint density at radius 2 is 1.70 bits per heavy atom. The van der Waals surface area contributed by atoms with E-state index in [1.54, 1.807) is 7.11 Å². The van der Waals surface area contributed by atoms with Crippen molar-refractivity contribution in [2.24, 2.45) is 0 Å². The lowest BCUT2D eigenvalue weighted by atomic mass is 9.92. The van der Waals surface area contributed by atoms with Crippen LogP contribution < -0.4 is 4.74 Å². The molecule has 5 nitrogen and oxygen atoms in total. The van der Waals surface area contributed by atoms with E-state index in [0.717, 1.165) is 44.0 Å². The van der Waals surface area contributed by atoms with Gasteiger partial charge in [-0.2, -0.15) is 0 Å². The first-order chi connectivity index (χ1) is 15.9. The molecule has 5 heteroatoms. The number of hydrogen-bond acceptors (Lipinski definition) is 5. The summed E-state index contributed by atoms with van der Waals surface area (Å²) in [4.78, 5) is 7.16. The average Bonchev–Trinajstić information content (AvgIpc) is 2.83. The molecule has 1 fully saturated rings. The number of methoxy groups -OCH3 is 1. The SMILES string of the molecule is C=CCN1C[C@H](C)N(C(c2ccc(C(O)N(CC)CC)cc2)c2cccc(OC)c2)C[C@H]1C. The van der Waals surface area contributed by atoms with Gasteiger partial charge >= 0.3 is 0 Å². The minimum Gasteiger partial charge on any atom is -0.497 e. The number of aliphatic hydroxyl groups is 1. The summed E-state index contributed by atoms with van der Waals surface area (Å²) in [7, 11) is 1.72. The second kappa shape index (κ2) is 11.8. The van der Waals surface area contributed by atoms with Crippen molar-refractivity contribution in [2.75, 3.05) is 39.8 Å². The maximum atomic E-state index is 10.8. The number of rotatable bonds is 10. The molecule has 4 atom stereocenters. The highest BCUT2D eigenvalue weighted by molar-refractivity contribution is 5.38. The van der Waals surface area contributed by atoms with Crippen LogP contribution in [0.4, 0.5) is 0 Å². The summed E-state index contributed by atoms with van der Waals surface area (Å²) in [5.41, 5.74) is 3.39. The highest BCUT2D eigenvalue weighted by Gasteiger charge is 2.34. The van der Waals surface area contributed by atoms with Crippen LogP contribution in [-0.2, 0) is 0 Å². The number of ether oxygens (including phenoxy) is 1. The smallest absolute Gasteiger partial charge is 0.133 e. The zero-order valence-electron chi connectivity index (χ0n) is 20.9. The highest BCUT2D eigenvalue weighted by atomic mass is 16.5. The number of aliphatic hydroxyl groups excluding tert-OH is 1. The van der Waals surface area contributed by atoms with Crippen molar-refractivity contribution in [3.63, 3.8) is 0 Å². The van der Waals surface area contributed by atoms with E-state index < -0.39 is 6.23 Å². The zero-order valence-corrected chi connectivity index (χ0v) is 20.9. The zero-order chi connectivity index (χ0) is 24.0. The van der Waals surface area contributed by atoms with Crippen LogP contribution in [-0.4, -0.2) is 71.7 Å². The lowest BCUT2D eigenvalue weighted by Gasteiger charge is -2.47. The maximum absolute atomic E-state index is 10.8. The number of nitrogens with zero attached hydrogens (tertiary/aromatic N) is 3. The second-order valence-electron chi connectivity index (χ2n) is 9.08. The third-order valence-electron chi connectivity index (χ3n) is 6.98. The first-order valence-electron chi connectivity index (χ1n) is 12.2. The number of piperazine rings is 1. The van der Waals surface area contributed by atoms with Gasteiger partial charge in [-0.05, 0) is 55.8 Å². The Labute approximate surface area is 200 Å². The highest BCUT2D eigenvalue weighted by Crippen LogP contribution is 2.35. The maximum Gasteiger partial charge on any atom is 0.133 e.